The summed E-state index contributed by atoms with van der Waals surface area (Å²) in [5, 5.41) is 10.3. The minimum absolute atomic E-state index is 0.0372. The Balaban J connectivity index is 1.26. The molecule has 5 rings (SSSR count). The van der Waals surface area contributed by atoms with Crippen molar-refractivity contribution in [2.24, 2.45) is 0 Å². The van der Waals surface area contributed by atoms with Crippen molar-refractivity contribution in [3.05, 3.63) is 66.4 Å². The number of likely N-dealkylation sites (tertiary alicyclic amines) is 1. The first kappa shape index (κ1) is 20.0. The third-order valence-corrected chi connectivity index (χ3v) is 6.05. The first-order valence-corrected chi connectivity index (χ1v) is 10.6. The van der Waals surface area contributed by atoms with Crippen LogP contribution >= 0.6 is 0 Å². The summed E-state index contributed by atoms with van der Waals surface area (Å²) in [6.07, 6.45) is 2.93. The molecule has 3 N–H and O–H groups in total. The number of hydrogen-bond donors (Lipinski definition) is 3. The molecule has 0 aliphatic carbocycles. The molecule has 1 fully saturated rings. The monoisotopic (exact) mass is 429 g/mol. The summed E-state index contributed by atoms with van der Waals surface area (Å²) in [4.78, 5) is 43.8. The average Bonchev–Trinajstić information content (AvgIpc) is 2.93. The standard InChI is InChI=1S/C24H23N5O3/c30-21(26-17-7-8-19-16(14-17)4-3-12-25-19)15-29-13-11-24(10-9-22(29)31)27-20-6-2-1-5-18(20)23(32)28-24/h1-8,12,14,27H,9-11,13,15H2,(H,26,30)(H,28,32)/t24-/m0/s1. The molecule has 2 aliphatic rings. The summed E-state index contributed by atoms with van der Waals surface area (Å²) in [6.45, 7) is 0.327. The van der Waals surface area contributed by atoms with E-state index in [1.165, 1.54) is 0 Å². The van der Waals surface area contributed by atoms with Crippen molar-refractivity contribution in [3.63, 3.8) is 0 Å². The van der Waals surface area contributed by atoms with Gasteiger partial charge in [0.15, 0.2) is 0 Å². The van der Waals surface area contributed by atoms with Gasteiger partial charge in [-0.25, -0.2) is 0 Å². The van der Waals surface area contributed by atoms with E-state index in [0.29, 0.717) is 30.6 Å². The number of nitrogens with zero attached hydrogens (tertiary/aromatic N) is 2. The molecule has 1 aromatic heterocycles. The van der Waals surface area contributed by atoms with Gasteiger partial charge in [-0.05, 0) is 42.8 Å². The molecule has 8 nitrogen and oxygen atoms in total. The predicted octanol–water partition coefficient (Wildman–Crippen LogP) is 2.74. The van der Waals surface area contributed by atoms with E-state index in [0.717, 1.165) is 16.6 Å². The third kappa shape index (κ3) is 3.87. The highest BCUT2D eigenvalue weighted by Crippen LogP contribution is 2.31. The number of rotatable bonds is 3. The van der Waals surface area contributed by atoms with Crippen LogP contribution in [0, 0.1) is 0 Å². The lowest BCUT2D eigenvalue weighted by Crippen LogP contribution is -2.58. The van der Waals surface area contributed by atoms with Crippen LogP contribution in [0.1, 0.15) is 29.6 Å². The highest BCUT2D eigenvalue weighted by molar-refractivity contribution is 6.02. The molecule has 0 radical (unpaired) electrons. The van der Waals surface area contributed by atoms with Crippen molar-refractivity contribution in [3.8, 4) is 0 Å². The molecule has 1 atom stereocenters. The average molecular weight is 429 g/mol. The van der Waals surface area contributed by atoms with Crippen molar-refractivity contribution < 1.29 is 14.4 Å². The third-order valence-electron chi connectivity index (χ3n) is 6.05. The molecule has 3 amide bonds. The summed E-state index contributed by atoms with van der Waals surface area (Å²) in [6, 6.07) is 16.6. The maximum atomic E-state index is 12.7. The molecule has 162 valence electrons. The lowest BCUT2D eigenvalue weighted by molar-refractivity contribution is -0.134. The zero-order valence-electron chi connectivity index (χ0n) is 17.4. The van der Waals surface area contributed by atoms with Gasteiger partial charge in [0.1, 0.15) is 5.66 Å². The van der Waals surface area contributed by atoms with Crippen LogP contribution in [0.3, 0.4) is 0 Å². The first-order valence-electron chi connectivity index (χ1n) is 10.6. The number of pyridine rings is 1. The second-order valence-corrected chi connectivity index (χ2v) is 8.23. The Bertz CT molecular complexity index is 1230. The van der Waals surface area contributed by atoms with E-state index in [1.807, 2.05) is 42.5 Å². The van der Waals surface area contributed by atoms with Gasteiger partial charge < -0.3 is 20.9 Å². The van der Waals surface area contributed by atoms with Crippen LogP contribution in [-0.4, -0.2) is 46.4 Å². The zero-order chi connectivity index (χ0) is 22.1. The fourth-order valence-electron chi connectivity index (χ4n) is 4.36. The molecule has 32 heavy (non-hydrogen) atoms. The molecular formula is C24H23N5O3. The van der Waals surface area contributed by atoms with Crippen molar-refractivity contribution >= 4 is 40.0 Å². The van der Waals surface area contributed by atoms with Gasteiger partial charge in [0.25, 0.3) is 5.91 Å². The van der Waals surface area contributed by atoms with Gasteiger partial charge in [0, 0.05) is 42.3 Å². The van der Waals surface area contributed by atoms with Crippen LogP contribution < -0.4 is 16.0 Å². The second-order valence-electron chi connectivity index (χ2n) is 8.23. The van der Waals surface area contributed by atoms with Crippen molar-refractivity contribution in [2.75, 3.05) is 23.7 Å². The Morgan fingerprint density at radius 3 is 2.84 bits per heavy atom. The molecule has 0 unspecified atom stereocenters. The molecule has 3 aromatic rings. The van der Waals surface area contributed by atoms with Crippen LogP contribution in [0.25, 0.3) is 10.9 Å². The number of aromatic nitrogens is 1. The SMILES string of the molecule is O=C(CN1CC[C@]2(CCC1=O)NC(=O)c1ccccc1N2)Nc1ccc2ncccc2c1. The molecule has 0 saturated carbocycles. The number of carbonyl (C=O) groups is 3. The molecular weight excluding hydrogens is 406 g/mol. The Morgan fingerprint density at radius 2 is 1.94 bits per heavy atom. The summed E-state index contributed by atoms with van der Waals surface area (Å²) in [5.74, 6) is -0.512. The number of para-hydroxylation sites is 1. The van der Waals surface area contributed by atoms with Gasteiger partial charge >= 0.3 is 0 Å². The maximum absolute atomic E-state index is 12.7. The Morgan fingerprint density at radius 1 is 1.06 bits per heavy atom. The highest BCUT2D eigenvalue weighted by Gasteiger charge is 2.40. The smallest absolute Gasteiger partial charge is 0.255 e. The number of fused-ring (bicyclic) bond motifs is 2. The van der Waals surface area contributed by atoms with E-state index in [9.17, 15) is 14.4 Å². The second kappa shape index (κ2) is 7.96. The Labute approximate surface area is 185 Å². The minimum Gasteiger partial charge on any atom is -0.362 e. The molecule has 2 aromatic carbocycles. The van der Waals surface area contributed by atoms with E-state index in [2.05, 4.69) is 20.9 Å². The van der Waals surface area contributed by atoms with Crippen molar-refractivity contribution in [2.45, 2.75) is 24.9 Å². The van der Waals surface area contributed by atoms with E-state index in [4.69, 9.17) is 0 Å². The largest absolute Gasteiger partial charge is 0.362 e. The van der Waals surface area contributed by atoms with Gasteiger partial charge in [-0.15, -0.1) is 0 Å². The van der Waals surface area contributed by atoms with Crippen LogP contribution in [0.2, 0.25) is 0 Å². The number of nitrogens with one attached hydrogen (secondary N) is 3. The van der Waals surface area contributed by atoms with Crippen LogP contribution in [0.5, 0.6) is 0 Å². The van der Waals surface area contributed by atoms with Gasteiger partial charge in [-0.3, -0.25) is 19.4 Å². The number of benzene rings is 2. The highest BCUT2D eigenvalue weighted by atomic mass is 16.2. The summed E-state index contributed by atoms with van der Waals surface area (Å²) in [7, 11) is 0. The van der Waals surface area contributed by atoms with E-state index in [1.54, 1.807) is 23.2 Å². The molecule has 1 spiro atoms. The molecule has 1 saturated heterocycles. The number of carbonyl (C=O) groups excluding carboxylic acids is 3. The molecule has 8 heteroatoms. The zero-order valence-corrected chi connectivity index (χ0v) is 17.4. The number of hydrogen-bond acceptors (Lipinski definition) is 5. The Hall–Kier alpha value is -3.94. The van der Waals surface area contributed by atoms with Gasteiger partial charge in [0.05, 0.1) is 17.6 Å². The molecule has 3 heterocycles. The van der Waals surface area contributed by atoms with Crippen LogP contribution in [0.15, 0.2) is 60.8 Å². The van der Waals surface area contributed by atoms with E-state index in [-0.39, 0.29) is 30.7 Å². The van der Waals surface area contributed by atoms with Gasteiger partial charge in [-0.2, -0.15) is 0 Å². The number of amides is 3. The lowest BCUT2D eigenvalue weighted by atomic mass is 9.95. The molecule has 2 aliphatic heterocycles. The maximum Gasteiger partial charge on any atom is 0.255 e. The quantitative estimate of drug-likeness (QED) is 0.594. The fourth-order valence-corrected chi connectivity index (χ4v) is 4.36. The van der Waals surface area contributed by atoms with Crippen molar-refractivity contribution in [1.82, 2.24) is 15.2 Å². The Kier molecular flexibility index (Phi) is 4.97. The fraction of sp³-hybridized carbons (Fsp3) is 0.250. The van der Waals surface area contributed by atoms with E-state index >= 15 is 0 Å². The topological polar surface area (TPSA) is 103 Å². The van der Waals surface area contributed by atoms with Crippen LogP contribution in [-0.2, 0) is 9.59 Å². The number of anilines is 2. The lowest BCUT2D eigenvalue weighted by Gasteiger charge is -2.39. The predicted molar refractivity (Wildman–Crippen MR) is 121 cm³/mol. The first-order chi connectivity index (χ1) is 15.5. The van der Waals surface area contributed by atoms with Gasteiger partial charge in [-0.1, -0.05) is 18.2 Å². The normalized spacial score (nSPS) is 20.3. The summed E-state index contributed by atoms with van der Waals surface area (Å²) >= 11 is 0. The van der Waals surface area contributed by atoms with E-state index < -0.39 is 5.66 Å². The molecule has 0 bridgehead atoms. The summed E-state index contributed by atoms with van der Waals surface area (Å²) < 4.78 is 0. The van der Waals surface area contributed by atoms with Crippen LogP contribution in [0.4, 0.5) is 11.4 Å². The van der Waals surface area contributed by atoms with Gasteiger partial charge in [0.2, 0.25) is 11.8 Å². The van der Waals surface area contributed by atoms with Crippen molar-refractivity contribution in [1.29, 1.82) is 0 Å². The summed E-state index contributed by atoms with van der Waals surface area (Å²) in [5.41, 5.74) is 2.17. The minimum atomic E-state index is -0.697.